The number of aromatic nitrogens is 2. The van der Waals surface area contributed by atoms with Gasteiger partial charge in [-0.3, -0.25) is 14.8 Å². The number of benzene rings is 1. The Morgan fingerprint density at radius 2 is 2.11 bits per heavy atom. The highest BCUT2D eigenvalue weighted by molar-refractivity contribution is 6.32. The number of alkyl halides is 3. The van der Waals surface area contributed by atoms with E-state index < -0.39 is 44.9 Å². The average molecular weight is 407 g/mol. The Kier molecular flexibility index (Phi) is 5.69. The zero-order chi connectivity index (χ0) is 20.4. The number of hydrogen-bond donors (Lipinski definition) is 0. The van der Waals surface area contributed by atoms with Crippen LogP contribution in [0, 0.1) is 10.1 Å². The van der Waals surface area contributed by atoms with Crippen molar-refractivity contribution >= 4 is 29.5 Å². The van der Waals surface area contributed by atoms with Crippen LogP contribution in [0.1, 0.15) is 23.0 Å². The Morgan fingerprint density at radius 1 is 1.44 bits per heavy atom. The van der Waals surface area contributed by atoms with Gasteiger partial charge < -0.3 is 9.57 Å². The minimum atomic E-state index is -4.77. The van der Waals surface area contributed by atoms with Gasteiger partial charge >= 0.3 is 12.1 Å². The summed E-state index contributed by atoms with van der Waals surface area (Å²) in [6, 6.07) is 2.89. The standard InChI is InChI=1S/C14H10ClF3N4O5/c1-3-19-27-13(23)8-6-7(4-5-9(8)22(24)25)26-12-10(15)11(14(16,17)18)21(2)20-12/h3-6H,1-2H3. The molecule has 0 aliphatic rings. The number of nitro groups is 1. The molecule has 0 amide bonds. The molecule has 1 aromatic heterocycles. The third-order valence-corrected chi connectivity index (χ3v) is 3.41. The molecule has 0 saturated carbocycles. The largest absolute Gasteiger partial charge is 0.436 e. The summed E-state index contributed by atoms with van der Waals surface area (Å²) in [4.78, 5) is 26.5. The number of ether oxygens (including phenoxy) is 1. The molecule has 2 aromatic rings. The fourth-order valence-corrected chi connectivity index (χ4v) is 2.32. The summed E-state index contributed by atoms with van der Waals surface area (Å²) < 4.78 is 44.5. The van der Waals surface area contributed by atoms with Gasteiger partial charge in [0.05, 0.1) is 4.92 Å². The summed E-state index contributed by atoms with van der Waals surface area (Å²) in [5.74, 6) is -1.97. The van der Waals surface area contributed by atoms with Crippen LogP contribution in [0.15, 0.2) is 23.4 Å². The van der Waals surface area contributed by atoms with Crippen molar-refractivity contribution in [2.24, 2.45) is 12.2 Å². The summed E-state index contributed by atoms with van der Waals surface area (Å²) in [6.45, 7) is 1.45. The van der Waals surface area contributed by atoms with E-state index in [-0.39, 0.29) is 5.75 Å². The summed E-state index contributed by atoms with van der Waals surface area (Å²) >= 11 is 5.67. The molecule has 0 saturated heterocycles. The number of nitro benzene ring substituents is 1. The van der Waals surface area contributed by atoms with E-state index in [1.165, 1.54) is 6.92 Å². The molecule has 27 heavy (non-hydrogen) atoms. The maximum atomic E-state index is 12.9. The number of hydrogen-bond acceptors (Lipinski definition) is 7. The lowest BCUT2D eigenvalue weighted by atomic mass is 10.1. The fourth-order valence-electron chi connectivity index (χ4n) is 2.01. The molecule has 0 radical (unpaired) electrons. The van der Waals surface area contributed by atoms with Crippen LogP contribution in [0.25, 0.3) is 0 Å². The van der Waals surface area contributed by atoms with Crippen LogP contribution in [-0.4, -0.2) is 26.9 Å². The molecule has 9 nitrogen and oxygen atoms in total. The van der Waals surface area contributed by atoms with Crippen LogP contribution in [-0.2, 0) is 18.1 Å². The molecule has 0 atom stereocenters. The first-order chi connectivity index (χ1) is 12.6. The van der Waals surface area contributed by atoms with Gasteiger partial charge in [-0.15, -0.1) is 5.10 Å². The number of carbonyl (C=O) groups excluding carboxylic acids is 1. The third-order valence-electron chi connectivity index (χ3n) is 3.07. The van der Waals surface area contributed by atoms with E-state index in [1.54, 1.807) is 0 Å². The van der Waals surface area contributed by atoms with Gasteiger partial charge in [-0.1, -0.05) is 16.8 Å². The van der Waals surface area contributed by atoms with Crippen LogP contribution in [0.5, 0.6) is 11.6 Å². The fraction of sp³-hybridized carbons (Fsp3) is 0.214. The Balaban J connectivity index is 2.44. The number of rotatable bonds is 5. The summed E-state index contributed by atoms with van der Waals surface area (Å²) in [5, 5.41) is 17.0. The Bertz CT molecular complexity index is 926. The van der Waals surface area contributed by atoms with Gasteiger partial charge in [-0.2, -0.15) is 13.2 Å². The molecule has 13 heteroatoms. The van der Waals surface area contributed by atoms with Gasteiger partial charge in [0.2, 0.25) is 0 Å². The smallest absolute Gasteiger partial charge is 0.434 e. The molecule has 0 bridgehead atoms. The number of oxime groups is 1. The topological polar surface area (TPSA) is 109 Å². The quantitative estimate of drug-likeness (QED) is 0.322. The highest BCUT2D eigenvalue weighted by Gasteiger charge is 2.39. The summed E-state index contributed by atoms with van der Waals surface area (Å²) in [7, 11) is 1.02. The predicted molar refractivity (Wildman–Crippen MR) is 86.0 cm³/mol. The molecule has 0 unspecified atom stereocenters. The molecule has 1 aromatic carbocycles. The first kappa shape index (κ1) is 20.2. The number of aryl methyl sites for hydroxylation is 1. The molecule has 1 heterocycles. The van der Waals surface area contributed by atoms with Crippen molar-refractivity contribution in [2.75, 3.05) is 0 Å². The van der Waals surface area contributed by atoms with Crippen molar-refractivity contribution in [2.45, 2.75) is 13.1 Å². The monoisotopic (exact) mass is 406 g/mol. The van der Waals surface area contributed by atoms with Gasteiger partial charge in [0.15, 0.2) is 5.69 Å². The maximum absolute atomic E-state index is 12.9. The van der Waals surface area contributed by atoms with Gasteiger partial charge in [0, 0.05) is 25.4 Å². The lowest BCUT2D eigenvalue weighted by Crippen LogP contribution is -2.12. The minimum Gasteiger partial charge on any atom is -0.436 e. The Morgan fingerprint density at radius 3 is 2.63 bits per heavy atom. The van der Waals surface area contributed by atoms with E-state index in [4.69, 9.17) is 16.3 Å². The lowest BCUT2D eigenvalue weighted by Gasteiger charge is -2.06. The summed E-state index contributed by atoms with van der Waals surface area (Å²) in [5.41, 5.74) is -2.37. The molecule has 0 spiro atoms. The number of nitrogens with zero attached hydrogens (tertiary/aromatic N) is 4. The van der Waals surface area contributed by atoms with Crippen molar-refractivity contribution in [3.05, 3.63) is 44.6 Å². The van der Waals surface area contributed by atoms with Crippen LogP contribution in [0.4, 0.5) is 18.9 Å². The van der Waals surface area contributed by atoms with Gasteiger partial charge in [-0.25, -0.2) is 4.79 Å². The molecule has 0 aliphatic carbocycles. The van der Waals surface area contributed by atoms with Crippen molar-refractivity contribution in [3.8, 4) is 11.6 Å². The first-order valence-electron chi connectivity index (χ1n) is 7.01. The SMILES string of the molecule is CC=NOC(=O)c1cc(Oc2nn(C)c(C(F)(F)F)c2Cl)ccc1[N+](=O)[O-]. The van der Waals surface area contributed by atoms with Crippen LogP contribution >= 0.6 is 11.6 Å². The third kappa shape index (κ3) is 4.34. The van der Waals surface area contributed by atoms with E-state index in [0.29, 0.717) is 4.68 Å². The Hall–Kier alpha value is -3.15. The maximum Gasteiger partial charge on any atom is 0.434 e. The zero-order valence-electron chi connectivity index (χ0n) is 13.7. The van der Waals surface area contributed by atoms with E-state index in [2.05, 4.69) is 15.1 Å². The molecular weight excluding hydrogens is 397 g/mol. The van der Waals surface area contributed by atoms with E-state index in [9.17, 15) is 28.1 Å². The molecule has 0 fully saturated rings. The normalized spacial score (nSPS) is 11.6. The predicted octanol–water partition coefficient (Wildman–Crippen LogP) is 3.96. The van der Waals surface area contributed by atoms with E-state index >= 15 is 0 Å². The highest BCUT2D eigenvalue weighted by Crippen LogP contribution is 2.40. The second kappa shape index (κ2) is 7.61. The van der Waals surface area contributed by atoms with Gasteiger partial charge in [0.1, 0.15) is 16.3 Å². The van der Waals surface area contributed by atoms with Crippen molar-refractivity contribution < 1.29 is 32.5 Å². The molecule has 2 rings (SSSR count). The van der Waals surface area contributed by atoms with Crippen LogP contribution < -0.4 is 4.74 Å². The van der Waals surface area contributed by atoms with Gasteiger partial charge in [-0.05, 0) is 13.0 Å². The van der Waals surface area contributed by atoms with E-state index in [1.807, 2.05) is 0 Å². The van der Waals surface area contributed by atoms with Crippen molar-refractivity contribution in [1.29, 1.82) is 0 Å². The first-order valence-corrected chi connectivity index (χ1v) is 7.39. The van der Waals surface area contributed by atoms with Crippen LogP contribution in [0.3, 0.4) is 0 Å². The van der Waals surface area contributed by atoms with Gasteiger partial charge in [0.25, 0.3) is 11.6 Å². The summed E-state index contributed by atoms with van der Waals surface area (Å²) in [6.07, 6.45) is -3.64. The van der Waals surface area contributed by atoms with Crippen LogP contribution in [0.2, 0.25) is 5.02 Å². The molecule has 0 aliphatic heterocycles. The highest BCUT2D eigenvalue weighted by atomic mass is 35.5. The molecular formula is C14H10ClF3N4O5. The minimum absolute atomic E-state index is 0.221. The zero-order valence-corrected chi connectivity index (χ0v) is 14.4. The van der Waals surface area contributed by atoms with E-state index in [0.717, 1.165) is 31.5 Å². The number of halogens is 4. The van der Waals surface area contributed by atoms with Crippen molar-refractivity contribution in [3.63, 3.8) is 0 Å². The van der Waals surface area contributed by atoms with Crippen molar-refractivity contribution in [1.82, 2.24) is 9.78 Å². The molecule has 0 N–H and O–H groups in total. The Labute approximate surface area is 154 Å². The lowest BCUT2D eigenvalue weighted by molar-refractivity contribution is -0.385. The second-order valence-corrected chi connectivity index (χ2v) is 5.25. The average Bonchev–Trinajstić information content (AvgIpc) is 2.85. The second-order valence-electron chi connectivity index (χ2n) is 4.87. The number of carbonyl (C=O) groups is 1. The molecule has 144 valence electrons.